The van der Waals surface area contributed by atoms with Crippen molar-refractivity contribution >= 4 is 5.97 Å². The molecule has 0 heterocycles. The number of carbonyl (C=O) groups is 1. The quantitative estimate of drug-likeness (QED) is 0.296. The summed E-state index contributed by atoms with van der Waals surface area (Å²) in [6.45, 7) is 13.0. The van der Waals surface area contributed by atoms with E-state index in [0.717, 1.165) is 19.3 Å². The van der Waals surface area contributed by atoms with E-state index in [1.54, 1.807) is 6.92 Å². The third kappa shape index (κ3) is 8.86. The first kappa shape index (κ1) is 20.1. The smallest absolute Gasteiger partial charge is 0.333 e. The summed E-state index contributed by atoms with van der Waals surface area (Å²) in [5.41, 5.74) is 0.374. The van der Waals surface area contributed by atoms with E-state index in [9.17, 15) is 4.79 Å². The van der Waals surface area contributed by atoms with E-state index in [4.69, 9.17) is 18.9 Å². The van der Waals surface area contributed by atoms with Gasteiger partial charge in [0.05, 0.1) is 32.8 Å². The van der Waals surface area contributed by atoms with Crippen molar-refractivity contribution in [2.45, 2.75) is 59.4 Å². The first-order valence-corrected chi connectivity index (χ1v) is 7.75. The molecule has 0 unspecified atom stereocenters. The highest BCUT2D eigenvalue weighted by Crippen LogP contribution is 2.22. The lowest BCUT2D eigenvalue weighted by Gasteiger charge is -2.33. The Bertz CT molecular complexity index is 279. The second-order valence-corrected chi connectivity index (χ2v) is 4.89. The van der Waals surface area contributed by atoms with Crippen molar-refractivity contribution in [1.82, 2.24) is 0 Å². The predicted octanol–water partition coefficient (Wildman–Crippen LogP) is 3.43. The molecular formula is C16H30O5. The molecule has 124 valence electrons. The van der Waals surface area contributed by atoms with Gasteiger partial charge in [-0.3, -0.25) is 0 Å². The molecule has 5 heteroatoms. The highest BCUT2D eigenvalue weighted by molar-refractivity contribution is 5.86. The van der Waals surface area contributed by atoms with Gasteiger partial charge >= 0.3 is 5.97 Å². The van der Waals surface area contributed by atoms with Crippen LogP contribution >= 0.6 is 0 Å². The van der Waals surface area contributed by atoms with Gasteiger partial charge in [0.25, 0.3) is 5.97 Å². The van der Waals surface area contributed by atoms with Crippen molar-refractivity contribution in [2.24, 2.45) is 0 Å². The number of carbonyl (C=O) groups excluding carboxylic acids is 1. The van der Waals surface area contributed by atoms with Gasteiger partial charge in [-0.1, -0.05) is 27.4 Å². The van der Waals surface area contributed by atoms with Crippen LogP contribution in [0.1, 0.15) is 53.4 Å². The van der Waals surface area contributed by atoms with E-state index < -0.39 is 11.9 Å². The van der Waals surface area contributed by atoms with Crippen LogP contribution in [0.25, 0.3) is 0 Å². The highest BCUT2D eigenvalue weighted by atomic mass is 16.9. The second kappa shape index (κ2) is 11.7. The van der Waals surface area contributed by atoms with Gasteiger partial charge in [0, 0.05) is 5.57 Å². The van der Waals surface area contributed by atoms with Gasteiger partial charge in [-0.05, 0) is 26.2 Å². The van der Waals surface area contributed by atoms with E-state index in [-0.39, 0.29) is 6.61 Å². The summed E-state index contributed by atoms with van der Waals surface area (Å²) >= 11 is 0. The molecule has 0 bridgehead atoms. The number of esters is 1. The van der Waals surface area contributed by atoms with Crippen molar-refractivity contribution in [1.29, 1.82) is 0 Å². The molecule has 0 aromatic heterocycles. The SMILES string of the molecule is C=C(C)C(=O)OCCC(OCCC)(OCCC)OCCC. The Kier molecular flexibility index (Phi) is 11.2. The molecular weight excluding hydrogens is 272 g/mol. The van der Waals surface area contributed by atoms with Gasteiger partial charge < -0.3 is 18.9 Å². The van der Waals surface area contributed by atoms with Gasteiger partial charge in [0.1, 0.15) is 0 Å². The number of hydrogen-bond donors (Lipinski definition) is 0. The van der Waals surface area contributed by atoms with Gasteiger partial charge in [0.2, 0.25) is 0 Å². The number of hydrogen-bond acceptors (Lipinski definition) is 5. The molecule has 0 aromatic carbocycles. The van der Waals surface area contributed by atoms with E-state index in [0.29, 0.717) is 31.8 Å². The van der Waals surface area contributed by atoms with Crippen LogP contribution in [-0.2, 0) is 23.7 Å². The zero-order valence-electron chi connectivity index (χ0n) is 13.9. The Balaban J connectivity index is 4.61. The molecule has 5 nitrogen and oxygen atoms in total. The minimum Gasteiger partial charge on any atom is -0.462 e. The summed E-state index contributed by atoms with van der Waals surface area (Å²) in [5.74, 6) is -1.54. The van der Waals surface area contributed by atoms with E-state index in [1.165, 1.54) is 0 Å². The summed E-state index contributed by atoms with van der Waals surface area (Å²) < 4.78 is 22.4. The molecule has 0 aliphatic carbocycles. The molecule has 0 radical (unpaired) electrons. The topological polar surface area (TPSA) is 54.0 Å². The lowest BCUT2D eigenvalue weighted by Crippen LogP contribution is -2.41. The second-order valence-electron chi connectivity index (χ2n) is 4.89. The predicted molar refractivity (Wildman–Crippen MR) is 81.9 cm³/mol. The maximum Gasteiger partial charge on any atom is 0.333 e. The first-order chi connectivity index (χ1) is 10.0. The Morgan fingerprint density at radius 3 is 1.67 bits per heavy atom. The van der Waals surface area contributed by atoms with Crippen LogP contribution in [0.15, 0.2) is 12.2 Å². The molecule has 0 amide bonds. The summed E-state index contributed by atoms with van der Waals surface area (Å²) in [7, 11) is 0. The molecule has 0 atom stereocenters. The zero-order valence-corrected chi connectivity index (χ0v) is 13.9. The minimum absolute atomic E-state index is 0.169. The van der Waals surface area contributed by atoms with Crippen LogP contribution in [-0.4, -0.2) is 38.4 Å². The fourth-order valence-corrected chi connectivity index (χ4v) is 1.51. The van der Waals surface area contributed by atoms with Crippen LogP contribution in [0, 0.1) is 0 Å². The fraction of sp³-hybridized carbons (Fsp3) is 0.812. The molecule has 21 heavy (non-hydrogen) atoms. The van der Waals surface area contributed by atoms with Gasteiger partial charge in [-0.2, -0.15) is 0 Å². The third-order valence-electron chi connectivity index (χ3n) is 2.57. The van der Waals surface area contributed by atoms with Gasteiger partial charge in [0.15, 0.2) is 0 Å². The average Bonchev–Trinajstić information content (AvgIpc) is 2.48. The van der Waals surface area contributed by atoms with Crippen molar-refractivity contribution in [3.05, 3.63) is 12.2 Å². The van der Waals surface area contributed by atoms with Crippen LogP contribution < -0.4 is 0 Å². The number of ether oxygens (including phenoxy) is 4. The molecule has 0 N–H and O–H groups in total. The van der Waals surface area contributed by atoms with Crippen molar-refractivity contribution in [2.75, 3.05) is 26.4 Å². The summed E-state index contributed by atoms with van der Waals surface area (Å²) in [5, 5.41) is 0. The van der Waals surface area contributed by atoms with E-state index in [2.05, 4.69) is 6.58 Å². The lowest BCUT2D eigenvalue weighted by atomic mass is 10.3. The molecule has 0 aliphatic heterocycles. The zero-order chi connectivity index (χ0) is 16.1. The molecule has 0 rings (SSSR count). The van der Waals surface area contributed by atoms with Gasteiger partial charge in [-0.15, -0.1) is 0 Å². The van der Waals surface area contributed by atoms with Crippen molar-refractivity contribution in [3.63, 3.8) is 0 Å². The van der Waals surface area contributed by atoms with Crippen molar-refractivity contribution < 1.29 is 23.7 Å². The van der Waals surface area contributed by atoms with Crippen molar-refractivity contribution in [3.8, 4) is 0 Å². The van der Waals surface area contributed by atoms with Crippen LogP contribution in [0.2, 0.25) is 0 Å². The van der Waals surface area contributed by atoms with Gasteiger partial charge in [-0.25, -0.2) is 4.79 Å². The normalized spacial score (nSPS) is 11.4. The Morgan fingerprint density at radius 1 is 0.905 bits per heavy atom. The fourth-order valence-electron chi connectivity index (χ4n) is 1.51. The van der Waals surface area contributed by atoms with Crippen LogP contribution in [0.4, 0.5) is 0 Å². The summed E-state index contributed by atoms with van der Waals surface area (Å²) in [6.07, 6.45) is 2.92. The van der Waals surface area contributed by atoms with Crippen LogP contribution in [0.3, 0.4) is 0 Å². The largest absolute Gasteiger partial charge is 0.462 e. The number of rotatable bonds is 13. The molecule has 0 fully saturated rings. The Morgan fingerprint density at radius 2 is 1.33 bits per heavy atom. The lowest BCUT2D eigenvalue weighted by molar-refractivity contribution is -0.385. The summed E-state index contributed by atoms with van der Waals surface area (Å²) in [6, 6.07) is 0. The first-order valence-electron chi connectivity index (χ1n) is 7.75. The maximum absolute atomic E-state index is 11.4. The molecule has 0 saturated heterocycles. The van der Waals surface area contributed by atoms with E-state index in [1.807, 2.05) is 20.8 Å². The molecule has 0 aliphatic rings. The molecule has 0 saturated carbocycles. The standard InChI is InChI=1S/C16H30O5/c1-6-10-19-16(20-11-7-2,21-12-8-3)9-13-18-15(17)14(4)5/h4,6-13H2,1-3,5H3. The molecule has 0 spiro atoms. The monoisotopic (exact) mass is 302 g/mol. The maximum atomic E-state index is 11.4. The van der Waals surface area contributed by atoms with E-state index >= 15 is 0 Å². The molecule has 0 aromatic rings. The summed E-state index contributed by atoms with van der Waals surface area (Å²) in [4.78, 5) is 11.4. The minimum atomic E-state index is -1.13. The Hall–Kier alpha value is -0.910. The third-order valence-corrected chi connectivity index (χ3v) is 2.57. The van der Waals surface area contributed by atoms with Crippen LogP contribution in [0.5, 0.6) is 0 Å². The highest BCUT2D eigenvalue weighted by Gasteiger charge is 2.33. The Labute approximate surface area is 128 Å². The average molecular weight is 302 g/mol.